The Balaban J connectivity index is 1.80. The van der Waals surface area contributed by atoms with Crippen LogP contribution < -0.4 is 25.3 Å². The van der Waals surface area contributed by atoms with Gasteiger partial charge in [0.15, 0.2) is 17.4 Å². The molecule has 0 aliphatic rings. The summed E-state index contributed by atoms with van der Waals surface area (Å²) in [5, 5.41) is 7.85. The van der Waals surface area contributed by atoms with Gasteiger partial charge in [-0.1, -0.05) is 20.8 Å². The summed E-state index contributed by atoms with van der Waals surface area (Å²) >= 11 is 0. The van der Waals surface area contributed by atoms with E-state index in [-0.39, 0.29) is 73.5 Å². The van der Waals surface area contributed by atoms with Gasteiger partial charge in [-0.3, -0.25) is 4.79 Å². The second kappa shape index (κ2) is 20.6. The molecule has 4 aromatic rings. The van der Waals surface area contributed by atoms with E-state index in [1.807, 2.05) is 13.8 Å². The van der Waals surface area contributed by atoms with Crippen molar-refractivity contribution in [2.45, 2.75) is 59.3 Å². The van der Waals surface area contributed by atoms with E-state index in [4.69, 9.17) is 38.9 Å². The van der Waals surface area contributed by atoms with E-state index in [1.54, 1.807) is 37.3 Å². The first-order valence-corrected chi connectivity index (χ1v) is 17.3. The lowest BCUT2D eigenvalue weighted by Gasteiger charge is -2.21. The fraction of sp³-hybridized carbons (Fsp3) is 0.389. The SMILES string of the molecule is CCCOC(=O)N=C(N)c1ccc(NC(c2nc(O[C@@H](CC)OC(=O)OCCC)n(-c3ncccn3)n2)c2cc(OC)cc(OCCOC(C)=O)c2F)cc1. The summed E-state index contributed by atoms with van der Waals surface area (Å²) in [6, 6.07) is 9.39. The quantitative estimate of drug-likeness (QED) is 0.0309. The topological polar surface area (TPSA) is 223 Å². The number of aliphatic imine (C=N–C) groups is 1. The molecule has 294 valence electrons. The van der Waals surface area contributed by atoms with Gasteiger partial charge < -0.3 is 44.2 Å². The van der Waals surface area contributed by atoms with Gasteiger partial charge in [-0.25, -0.2) is 23.9 Å². The number of hydrogen-bond donors (Lipinski definition) is 2. The minimum absolute atomic E-state index is 0.0326. The molecule has 0 aliphatic carbocycles. The number of halogens is 1. The lowest BCUT2D eigenvalue weighted by Crippen LogP contribution is -2.25. The van der Waals surface area contributed by atoms with Crippen LogP contribution in [0.5, 0.6) is 17.5 Å². The van der Waals surface area contributed by atoms with Crippen LogP contribution in [0.2, 0.25) is 0 Å². The van der Waals surface area contributed by atoms with Crippen LogP contribution in [0.4, 0.5) is 19.7 Å². The summed E-state index contributed by atoms with van der Waals surface area (Å²) in [7, 11) is 1.40. The Kier molecular flexibility index (Phi) is 15.5. The van der Waals surface area contributed by atoms with Crippen LogP contribution >= 0.6 is 0 Å². The van der Waals surface area contributed by atoms with Crippen LogP contribution in [0, 0.1) is 5.82 Å². The third-order valence-corrected chi connectivity index (χ3v) is 7.18. The average Bonchev–Trinajstić information content (AvgIpc) is 3.61. The van der Waals surface area contributed by atoms with Crippen LogP contribution in [-0.2, 0) is 23.7 Å². The predicted molar refractivity (Wildman–Crippen MR) is 194 cm³/mol. The first-order chi connectivity index (χ1) is 26.6. The molecule has 3 N–H and O–H groups in total. The molecule has 0 saturated heterocycles. The van der Waals surface area contributed by atoms with Crippen molar-refractivity contribution >= 4 is 29.7 Å². The smallest absolute Gasteiger partial charge is 0.497 e. The number of esters is 1. The predicted octanol–water partition coefficient (Wildman–Crippen LogP) is 5.28. The highest BCUT2D eigenvalue weighted by Gasteiger charge is 2.30. The molecule has 0 bridgehead atoms. The molecular weight excluding hydrogens is 723 g/mol. The minimum atomic E-state index is -1.20. The molecule has 2 aromatic heterocycles. The summed E-state index contributed by atoms with van der Waals surface area (Å²) in [5.41, 5.74) is 6.86. The van der Waals surface area contributed by atoms with Crippen molar-refractivity contribution in [3.8, 4) is 23.5 Å². The molecule has 18 nitrogen and oxygen atoms in total. The third-order valence-electron chi connectivity index (χ3n) is 7.18. The maximum atomic E-state index is 16.5. The van der Waals surface area contributed by atoms with Crippen LogP contribution in [-0.4, -0.2) is 88.6 Å². The highest BCUT2D eigenvalue weighted by molar-refractivity contribution is 6.02. The fourth-order valence-corrected chi connectivity index (χ4v) is 4.61. The molecule has 0 aliphatic heterocycles. The Labute approximate surface area is 316 Å². The summed E-state index contributed by atoms with van der Waals surface area (Å²) in [6.07, 6.45) is 1.41. The summed E-state index contributed by atoms with van der Waals surface area (Å²) in [6.45, 7) is 6.70. The first kappa shape index (κ1) is 41.2. The molecular formula is C36H43FN8O10. The zero-order chi connectivity index (χ0) is 39.7. The van der Waals surface area contributed by atoms with Crippen LogP contribution in [0.25, 0.3) is 5.95 Å². The Morgan fingerprint density at radius 1 is 0.964 bits per heavy atom. The van der Waals surface area contributed by atoms with Crippen molar-refractivity contribution in [1.82, 2.24) is 24.7 Å². The van der Waals surface area contributed by atoms with Crippen molar-refractivity contribution in [1.29, 1.82) is 0 Å². The largest absolute Gasteiger partial charge is 0.511 e. The second-order valence-corrected chi connectivity index (χ2v) is 11.4. The highest BCUT2D eigenvalue weighted by atomic mass is 19.1. The van der Waals surface area contributed by atoms with Gasteiger partial charge >= 0.3 is 24.2 Å². The number of aromatic nitrogens is 5. The number of ether oxygens (including phenoxy) is 7. The molecule has 2 aromatic carbocycles. The maximum absolute atomic E-state index is 16.5. The number of carbonyl (C=O) groups is 3. The Morgan fingerprint density at radius 2 is 1.67 bits per heavy atom. The zero-order valence-corrected chi connectivity index (χ0v) is 31.0. The second-order valence-electron chi connectivity index (χ2n) is 11.4. The van der Waals surface area contributed by atoms with E-state index >= 15 is 4.39 Å². The standard InChI is InChI=1S/C36H43FN8O10/c1-6-16-52-35(47)42-31(38)23-10-12-24(13-11-23)41-30(26-20-25(49-5)21-27(29(26)37)51-19-18-50-22(4)46)32-43-34(45(44-32)33-39-14-9-15-40-33)54-28(8-3)55-36(48)53-17-7-2/h9-15,20-21,28,30,41H,6-8,16-19H2,1-5H3,(H2,38,42,47)/t28-,30?/m1/s1. The van der Waals surface area contributed by atoms with E-state index in [0.29, 0.717) is 24.1 Å². The average molecular weight is 767 g/mol. The van der Waals surface area contributed by atoms with E-state index in [9.17, 15) is 14.4 Å². The number of anilines is 1. The summed E-state index contributed by atoms with van der Waals surface area (Å²) in [5.74, 6) is -1.42. The van der Waals surface area contributed by atoms with Crippen molar-refractivity contribution in [2.24, 2.45) is 10.7 Å². The molecule has 55 heavy (non-hydrogen) atoms. The molecule has 0 spiro atoms. The summed E-state index contributed by atoms with van der Waals surface area (Å²) in [4.78, 5) is 52.5. The van der Waals surface area contributed by atoms with Crippen LogP contribution in [0.1, 0.15) is 70.0 Å². The van der Waals surface area contributed by atoms with Gasteiger partial charge in [0.2, 0.25) is 0 Å². The number of amidine groups is 1. The van der Waals surface area contributed by atoms with E-state index in [0.717, 1.165) is 0 Å². The van der Waals surface area contributed by atoms with Crippen molar-refractivity contribution in [3.05, 3.63) is 77.6 Å². The number of hydrogen-bond acceptors (Lipinski definition) is 15. The van der Waals surface area contributed by atoms with E-state index in [1.165, 1.54) is 43.2 Å². The van der Waals surface area contributed by atoms with Gasteiger partial charge in [-0.15, -0.1) is 9.78 Å². The number of nitrogens with one attached hydrogen (secondary N) is 1. The minimum Gasteiger partial charge on any atom is -0.497 e. The summed E-state index contributed by atoms with van der Waals surface area (Å²) < 4.78 is 55.2. The van der Waals surface area contributed by atoms with Gasteiger partial charge in [-0.2, -0.15) is 9.98 Å². The lowest BCUT2D eigenvalue weighted by molar-refractivity contribution is -0.141. The number of amides is 1. The first-order valence-electron chi connectivity index (χ1n) is 17.3. The van der Waals surface area contributed by atoms with E-state index in [2.05, 4.69) is 30.4 Å². The van der Waals surface area contributed by atoms with Gasteiger partial charge in [-0.05, 0) is 49.2 Å². The van der Waals surface area contributed by atoms with Gasteiger partial charge in [0, 0.05) is 48.6 Å². The monoisotopic (exact) mass is 766 g/mol. The van der Waals surface area contributed by atoms with Gasteiger partial charge in [0.05, 0.1) is 20.3 Å². The Hall–Kier alpha value is -6.53. The Bertz CT molecular complexity index is 1910. The molecule has 0 fully saturated rings. The Morgan fingerprint density at radius 3 is 2.33 bits per heavy atom. The van der Waals surface area contributed by atoms with Crippen molar-refractivity contribution in [2.75, 3.05) is 38.9 Å². The molecule has 0 saturated carbocycles. The van der Waals surface area contributed by atoms with Crippen molar-refractivity contribution in [3.63, 3.8) is 0 Å². The number of rotatable bonds is 19. The molecule has 2 atom stereocenters. The molecule has 0 radical (unpaired) electrons. The van der Waals surface area contributed by atoms with Gasteiger partial charge in [0.1, 0.15) is 30.8 Å². The third kappa shape index (κ3) is 12.0. The zero-order valence-electron chi connectivity index (χ0n) is 31.0. The number of carbonyl (C=O) groups excluding carboxylic acids is 3. The van der Waals surface area contributed by atoms with Crippen LogP contribution in [0.15, 0.2) is 59.9 Å². The number of methoxy groups -OCH3 is 1. The lowest BCUT2D eigenvalue weighted by atomic mass is 10.0. The van der Waals surface area contributed by atoms with Gasteiger partial charge in [0.25, 0.3) is 12.2 Å². The van der Waals surface area contributed by atoms with E-state index < -0.39 is 36.4 Å². The molecule has 2 heterocycles. The molecule has 19 heteroatoms. The fourth-order valence-electron chi connectivity index (χ4n) is 4.61. The molecule has 1 amide bonds. The number of nitrogens with zero attached hydrogens (tertiary/aromatic N) is 6. The van der Waals surface area contributed by atoms with Crippen molar-refractivity contribution < 1.29 is 51.9 Å². The maximum Gasteiger partial charge on any atom is 0.511 e. The normalized spacial score (nSPS) is 12.2. The number of nitrogens with two attached hydrogens (primary N) is 1. The molecule has 1 unspecified atom stereocenters. The molecule has 4 rings (SSSR count). The highest BCUT2D eigenvalue weighted by Crippen LogP contribution is 2.36. The number of benzene rings is 2. The van der Waals surface area contributed by atoms with Crippen LogP contribution in [0.3, 0.4) is 0 Å².